The monoisotopic (exact) mass is 350 g/mol. The molecule has 0 saturated heterocycles. The molecule has 3 nitrogen and oxygen atoms in total. The van der Waals surface area contributed by atoms with Gasteiger partial charge in [-0.15, -0.1) is 0 Å². The first-order chi connectivity index (χ1) is 10.1. The molecule has 4 heteroatoms. The fourth-order valence-electron chi connectivity index (χ4n) is 3.95. The molecule has 2 aliphatic rings. The Balaban J connectivity index is 1.61. The van der Waals surface area contributed by atoms with Crippen LogP contribution in [0.3, 0.4) is 0 Å². The number of hydrogen-bond donors (Lipinski definition) is 1. The zero-order valence-corrected chi connectivity index (χ0v) is 14.2. The van der Waals surface area contributed by atoms with E-state index in [4.69, 9.17) is 0 Å². The van der Waals surface area contributed by atoms with Gasteiger partial charge in [0, 0.05) is 16.6 Å². The van der Waals surface area contributed by atoms with Crippen molar-refractivity contribution in [3.8, 4) is 0 Å². The lowest BCUT2D eigenvalue weighted by Gasteiger charge is -2.38. The Morgan fingerprint density at radius 2 is 2.00 bits per heavy atom. The topological polar surface area (TPSA) is 42.0 Å². The van der Waals surface area contributed by atoms with Crippen LogP contribution in [0.15, 0.2) is 16.7 Å². The van der Waals surface area contributed by atoms with Crippen molar-refractivity contribution in [3.63, 3.8) is 0 Å². The summed E-state index contributed by atoms with van der Waals surface area (Å²) in [5.74, 6) is 2.67. The van der Waals surface area contributed by atoms with Gasteiger partial charge in [-0.3, -0.25) is 4.79 Å². The fraction of sp³-hybridized carbons (Fsp3) is 0.647. The van der Waals surface area contributed by atoms with Gasteiger partial charge in [0.05, 0.1) is 0 Å². The van der Waals surface area contributed by atoms with Crippen LogP contribution in [0, 0.1) is 24.7 Å². The zero-order valence-electron chi connectivity index (χ0n) is 12.6. The number of halogens is 1. The van der Waals surface area contributed by atoms with Gasteiger partial charge in [-0.25, -0.2) is 4.98 Å². The minimum absolute atomic E-state index is 0.160. The maximum absolute atomic E-state index is 12.5. The first-order valence-corrected chi connectivity index (χ1v) is 8.86. The number of nitrogens with one attached hydrogen (secondary N) is 1. The van der Waals surface area contributed by atoms with Crippen LogP contribution in [0.2, 0.25) is 0 Å². The summed E-state index contributed by atoms with van der Waals surface area (Å²) < 4.78 is 0.975. The van der Waals surface area contributed by atoms with Crippen molar-refractivity contribution < 1.29 is 4.79 Å². The van der Waals surface area contributed by atoms with Crippen LogP contribution in [0.5, 0.6) is 0 Å². The number of anilines is 1. The van der Waals surface area contributed by atoms with Gasteiger partial charge < -0.3 is 5.32 Å². The Bertz CT molecular complexity index is 532. The van der Waals surface area contributed by atoms with Crippen LogP contribution >= 0.6 is 15.9 Å². The Morgan fingerprint density at radius 1 is 1.24 bits per heavy atom. The summed E-state index contributed by atoms with van der Waals surface area (Å²) in [6.07, 6.45) is 10.5. The number of amides is 1. The highest BCUT2D eigenvalue weighted by atomic mass is 79.9. The van der Waals surface area contributed by atoms with Crippen molar-refractivity contribution in [2.75, 3.05) is 5.32 Å². The summed E-state index contributed by atoms with van der Waals surface area (Å²) in [7, 11) is 0. The minimum Gasteiger partial charge on any atom is -0.310 e. The second-order valence-corrected chi connectivity index (χ2v) is 7.48. The maximum atomic E-state index is 12.5. The number of hydrogen-bond acceptors (Lipinski definition) is 2. The summed E-state index contributed by atoms with van der Waals surface area (Å²) >= 11 is 3.44. The molecule has 114 valence electrons. The number of nitrogens with zero attached hydrogens (tertiary/aromatic N) is 1. The molecule has 3 unspecified atom stereocenters. The summed E-state index contributed by atoms with van der Waals surface area (Å²) in [5.41, 5.74) is 1.09. The molecule has 1 heterocycles. The lowest BCUT2D eigenvalue weighted by atomic mass is 9.67. The Kier molecular flexibility index (Phi) is 4.63. The SMILES string of the molecule is Cc1cc(NC(=O)C2CCC3CCCCC3C2)ncc1Br. The summed E-state index contributed by atoms with van der Waals surface area (Å²) in [5, 5.41) is 3.00. The van der Waals surface area contributed by atoms with E-state index < -0.39 is 0 Å². The number of carbonyl (C=O) groups is 1. The quantitative estimate of drug-likeness (QED) is 0.839. The third kappa shape index (κ3) is 3.47. The van der Waals surface area contributed by atoms with Crippen molar-refractivity contribution >= 4 is 27.7 Å². The van der Waals surface area contributed by atoms with Crippen LogP contribution in [-0.4, -0.2) is 10.9 Å². The molecule has 2 saturated carbocycles. The van der Waals surface area contributed by atoms with Gasteiger partial charge in [0.2, 0.25) is 5.91 Å². The molecule has 1 N–H and O–H groups in total. The van der Waals surface area contributed by atoms with Gasteiger partial charge in [0.25, 0.3) is 0 Å². The van der Waals surface area contributed by atoms with Gasteiger partial charge in [0.15, 0.2) is 0 Å². The largest absolute Gasteiger partial charge is 0.310 e. The average Bonchev–Trinajstić information content (AvgIpc) is 2.50. The molecule has 21 heavy (non-hydrogen) atoms. The van der Waals surface area contributed by atoms with E-state index in [2.05, 4.69) is 26.2 Å². The van der Waals surface area contributed by atoms with Crippen molar-refractivity contribution in [1.82, 2.24) is 4.98 Å². The van der Waals surface area contributed by atoms with Crippen molar-refractivity contribution in [2.24, 2.45) is 17.8 Å². The third-order valence-electron chi connectivity index (χ3n) is 5.21. The van der Waals surface area contributed by atoms with Crippen molar-refractivity contribution in [2.45, 2.75) is 51.9 Å². The average molecular weight is 351 g/mol. The van der Waals surface area contributed by atoms with E-state index in [1.165, 1.54) is 32.1 Å². The standard InChI is InChI=1S/C17H23BrN2O/c1-11-8-16(19-10-15(11)18)20-17(21)14-7-6-12-4-2-3-5-13(12)9-14/h8,10,12-14H,2-7,9H2,1H3,(H,19,20,21). The maximum Gasteiger partial charge on any atom is 0.228 e. The number of aromatic nitrogens is 1. The fourth-order valence-corrected chi connectivity index (χ4v) is 4.16. The molecule has 2 aliphatic carbocycles. The first kappa shape index (κ1) is 15.0. The lowest BCUT2D eigenvalue weighted by Crippen LogP contribution is -2.34. The lowest BCUT2D eigenvalue weighted by molar-refractivity contribution is -0.122. The number of rotatable bonds is 2. The second kappa shape index (κ2) is 6.47. The van der Waals surface area contributed by atoms with Crippen molar-refractivity contribution in [1.29, 1.82) is 0 Å². The Morgan fingerprint density at radius 3 is 2.76 bits per heavy atom. The second-order valence-electron chi connectivity index (χ2n) is 6.62. The molecule has 2 fully saturated rings. The number of fused-ring (bicyclic) bond motifs is 1. The highest BCUT2D eigenvalue weighted by molar-refractivity contribution is 9.10. The normalized spacial score (nSPS) is 28.8. The predicted octanol–water partition coefficient (Wildman–Crippen LogP) is 4.70. The van der Waals surface area contributed by atoms with Crippen molar-refractivity contribution in [3.05, 3.63) is 22.3 Å². The molecule has 3 atom stereocenters. The highest BCUT2D eigenvalue weighted by Gasteiger charge is 2.35. The zero-order chi connectivity index (χ0) is 14.8. The predicted molar refractivity (Wildman–Crippen MR) is 88.1 cm³/mol. The molecule has 0 spiro atoms. The Hall–Kier alpha value is -0.900. The summed E-state index contributed by atoms with van der Waals surface area (Å²) in [4.78, 5) is 16.8. The van der Waals surface area contributed by atoms with E-state index in [1.807, 2.05) is 13.0 Å². The van der Waals surface area contributed by atoms with Crippen LogP contribution in [-0.2, 0) is 4.79 Å². The van der Waals surface area contributed by atoms with E-state index in [-0.39, 0.29) is 11.8 Å². The molecular weight excluding hydrogens is 328 g/mol. The first-order valence-electron chi connectivity index (χ1n) is 8.06. The summed E-state index contributed by atoms with van der Waals surface area (Å²) in [6.45, 7) is 2.01. The third-order valence-corrected chi connectivity index (χ3v) is 6.04. The highest BCUT2D eigenvalue weighted by Crippen LogP contribution is 2.42. The molecule has 1 amide bonds. The molecule has 1 aromatic rings. The number of carbonyl (C=O) groups excluding carboxylic acids is 1. The molecule has 0 radical (unpaired) electrons. The minimum atomic E-state index is 0.160. The van der Waals surface area contributed by atoms with E-state index in [0.717, 1.165) is 34.7 Å². The van der Waals surface area contributed by atoms with E-state index >= 15 is 0 Å². The van der Waals surface area contributed by atoms with Crippen LogP contribution in [0.4, 0.5) is 5.82 Å². The molecule has 0 bridgehead atoms. The van der Waals surface area contributed by atoms with E-state index in [0.29, 0.717) is 5.82 Å². The Labute approximate surface area is 135 Å². The number of pyridine rings is 1. The van der Waals surface area contributed by atoms with Gasteiger partial charge in [0.1, 0.15) is 5.82 Å². The van der Waals surface area contributed by atoms with Gasteiger partial charge in [-0.2, -0.15) is 0 Å². The molecule has 0 aromatic carbocycles. The van der Waals surface area contributed by atoms with Crippen LogP contribution in [0.1, 0.15) is 50.5 Å². The smallest absolute Gasteiger partial charge is 0.228 e. The molecular formula is C17H23BrN2O. The van der Waals surface area contributed by atoms with Crippen LogP contribution in [0.25, 0.3) is 0 Å². The van der Waals surface area contributed by atoms with Gasteiger partial charge >= 0.3 is 0 Å². The molecule has 3 rings (SSSR count). The summed E-state index contributed by atoms with van der Waals surface area (Å²) in [6, 6.07) is 1.92. The van der Waals surface area contributed by atoms with Crippen LogP contribution < -0.4 is 5.32 Å². The van der Waals surface area contributed by atoms with E-state index in [9.17, 15) is 4.79 Å². The van der Waals surface area contributed by atoms with E-state index in [1.54, 1.807) is 6.20 Å². The van der Waals surface area contributed by atoms with Gasteiger partial charge in [-0.1, -0.05) is 25.7 Å². The number of aryl methyl sites for hydroxylation is 1. The molecule has 1 aromatic heterocycles. The molecule has 0 aliphatic heterocycles. The van der Waals surface area contributed by atoms with Gasteiger partial charge in [-0.05, 0) is 65.6 Å².